The average Bonchev–Trinajstić information content (AvgIpc) is 2.85. The number of likely N-dealkylation sites (tertiary alicyclic amines) is 1. The number of amides is 1. The molecule has 1 saturated carbocycles. The number of hydrogen-bond acceptors (Lipinski definition) is 1. The van der Waals surface area contributed by atoms with Gasteiger partial charge in [-0.1, -0.05) is 36.9 Å². The topological polar surface area (TPSA) is 20.3 Å². The largest absolute Gasteiger partial charge is 0.339 e. The minimum Gasteiger partial charge on any atom is -0.339 e. The predicted molar refractivity (Wildman–Crippen MR) is 81.8 cm³/mol. The third-order valence-electron chi connectivity index (χ3n) is 4.88. The van der Waals surface area contributed by atoms with Crippen molar-refractivity contribution in [2.75, 3.05) is 6.54 Å². The van der Waals surface area contributed by atoms with Gasteiger partial charge in [-0.05, 0) is 37.8 Å². The van der Waals surface area contributed by atoms with Gasteiger partial charge in [0.25, 0.3) is 0 Å². The third-order valence-corrected chi connectivity index (χ3v) is 5.23. The van der Waals surface area contributed by atoms with Crippen molar-refractivity contribution >= 4 is 17.5 Å². The molecule has 0 radical (unpaired) electrons. The lowest BCUT2D eigenvalue weighted by Crippen LogP contribution is -2.39. The Balaban J connectivity index is 1.69. The van der Waals surface area contributed by atoms with Crippen LogP contribution in [-0.4, -0.2) is 23.4 Å². The second kappa shape index (κ2) is 6.35. The van der Waals surface area contributed by atoms with Gasteiger partial charge in [-0.3, -0.25) is 4.79 Å². The van der Waals surface area contributed by atoms with E-state index in [1.165, 1.54) is 25.3 Å². The Labute approximate surface area is 130 Å². The molecule has 0 bridgehead atoms. The molecule has 2 fully saturated rings. The lowest BCUT2D eigenvalue weighted by Gasteiger charge is -2.31. The second-order valence-electron chi connectivity index (χ2n) is 6.21. The van der Waals surface area contributed by atoms with Crippen LogP contribution >= 0.6 is 11.6 Å². The van der Waals surface area contributed by atoms with Gasteiger partial charge in [0, 0.05) is 29.1 Å². The fraction of sp³-hybridized carbons (Fsp3) is 0.588. The molecule has 114 valence electrons. The summed E-state index contributed by atoms with van der Waals surface area (Å²) in [6, 6.07) is 5.12. The molecule has 1 aliphatic heterocycles. The highest BCUT2D eigenvalue weighted by Crippen LogP contribution is 2.32. The second-order valence-corrected chi connectivity index (χ2v) is 6.62. The van der Waals surface area contributed by atoms with E-state index >= 15 is 0 Å². The fourth-order valence-corrected chi connectivity index (χ4v) is 3.92. The maximum Gasteiger partial charge on any atom is 0.226 e. The highest BCUT2D eigenvalue weighted by Gasteiger charge is 2.36. The van der Waals surface area contributed by atoms with E-state index in [4.69, 9.17) is 11.6 Å². The first-order valence-corrected chi connectivity index (χ1v) is 8.28. The summed E-state index contributed by atoms with van der Waals surface area (Å²) in [6.45, 7) is 0.820. The van der Waals surface area contributed by atoms with Crippen molar-refractivity contribution in [3.63, 3.8) is 0 Å². The van der Waals surface area contributed by atoms with Crippen LogP contribution in [0.5, 0.6) is 0 Å². The first-order valence-electron chi connectivity index (χ1n) is 7.90. The zero-order valence-electron chi connectivity index (χ0n) is 12.2. The van der Waals surface area contributed by atoms with Gasteiger partial charge in [0.05, 0.1) is 0 Å². The summed E-state index contributed by atoms with van der Waals surface area (Å²) < 4.78 is 13.9. The molecule has 2 aliphatic rings. The number of carbonyl (C=O) groups excluding carboxylic acids is 1. The van der Waals surface area contributed by atoms with Crippen LogP contribution in [0.25, 0.3) is 0 Å². The summed E-state index contributed by atoms with van der Waals surface area (Å²) in [5.74, 6) is -0.214. The quantitative estimate of drug-likeness (QED) is 0.819. The maximum atomic E-state index is 13.9. The van der Waals surface area contributed by atoms with Crippen LogP contribution in [0.1, 0.15) is 44.1 Å². The normalized spacial score (nSPS) is 23.8. The average molecular weight is 310 g/mol. The highest BCUT2D eigenvalue weighted by molar-refractivity contribution is 6.31. The molecule has 3 rings (SSSR count). The smallest absolute Gasteiger partial charge is 0.226 e. The summed E-state index contributed by atoms with van der Waals surface area (Å²) in [4.78, 5) is 14.6. The van der Waals surface area contributed by atoms with E-state index in [0.29, 0.717) is 23.0 Å². The van der Waals surface area contributed by atoms with E-state index in [9.17, 15) is 9.18 Å². The molecule has 21 heavy (non-hydrogen) atoms. The van der Waals surface area contributed by atoms with Gasteiger partial charge in [-0.15, -0.1) is 0 Å². The van der Waals surface area contributed by atoms with Gasteiger partial charge in [-0.25, -0.2) is 4.39 Å². The molecule has 1 aromatic rings. The molecule has 1 atom stereocenters. The molecule has 1 saturated heterocycles. The number of nitrogens with zero attached hydrogens (tertiary/aromatic N) is 1. The van der Waals surface area contributed by atoms with E-state index in [2.05, 4.69) is 0 Å². The van der Waals surface area contributed by atoms with Gasteiger partial charge in [0.2, 0.25) is 5.91 Å². The van der Waals surface area contributed by atoms with Crippen molar-refractivity contribution in [1.82, 2.24) is 4.90 Å². The van der Waals surface area contributed by atoms with Crippen molar-refractivity contribution in [3.05, 3.63) is 34.6 Å². The van der Waals surface area contributed by atoms with Crippen LogP contribution < -0.4 is 0 Å². The summed E-state index contributed by atoms with van der Waals surface area (Å²) >= 11 is 6.08. The minimum absolute atomic E-state index is 0.110. The number of halogens is 2. The molecule has 2 nitrogen and oxygen atoms in total. The van der Waals surface area contributed by atoms with Crippen molar-refractivity contribution in [3.8, 4) is 0 Å². The Hall–Kier alpha value is -1.09. The first-order chi connectivity index (χ1) is 10.2. The Morgan fingerprint density at radius 2 is 1.95 bits per heavy atom. The monoisotopic (exact) mass is 309 g/mol. The van der Waals surface area contributed by atoms with Crippen LogP contribution in [0.4, 0.5) is 4.39 Å². The SMILES string of the molecule is O=C1[C@@H](Cc2c(F)cccc2Cl)CCN1C1CCCCC1. The first kappa shape index (κ1) is 14.8. The molecular weight excluding hydrogens is 289 g/mol. The Bertz CT molecular complexity index is 507. The minimum atomic E-state index is -0.300. The zero-order valence-corrected chi connectivity index (χ0v) is 12.9. The molecule has 1 heterocycles. The van der Waals surface area contributed by atoms with Crippen molar-refractivity contribution in [2.45, 2.75) is 51.0 Å². The van der Waals surface area contributed by atoms with E-state index in [0.717, 1.165) is 25.8 Å². The van der Waals surface area contributed by atoms with E-state index < -0.39 is 0 Å². The van der Waals surface area contributed by atoms with Crippen LogP contribution in [0.15, 0.2) is 18.2 Å². The van der Waals surface area contributed by atoms with Gasteiger partial charge in [-0.2, -0.15) is 0 Å². The number of carbonyl (C=O) groups is 1. The van der Waals surface area contributed by atoms with Crippen LogP contribution in [-0.2, 0) is 11.2 Å². The highest BCUT2D eigenvalue weighted by atomic mass is 35.5. The molecule has 0 unspecified atom stereocenters. The Morgan fingerprint density at radius 1 is 1.19 bits per heavy atom. The van der Waals surface area contributed by atoms with E-state index in [1.54, 1.807) is 12.1 Å². The Kier molecular flexibility index (Phi) is 4.48. The summed E-state index contributed by atoms with van der Waals surface area (Å²) in [6.07, 6.45) is 7.22. The Morgan fingerprint density at radius 3 is 2.67 bits per heavy atom. The summed E-state index contributed by atoms with van der Waals surface area (Å²) in [7, 11) is 0. The van der Waals surface area contributed by atoms with Crippen LogP contribution in [0.2, 0.25) is 5.02 Å². The molecule has 1 amide bonds. The molecule has 1 aliphatic carbocycles. The van der Waals surface area contributed by atoms with Gasteiger partial charge < -0.3 is 4.90 Å². The number of rotatable bonds is 3. The van der Waals surface area contributed by atoms with Crippen molar-refractivity contribution < 1.29 is 9.18 Å². The zero-order chi connectivity index (χ0) is 14.8. The third kappa shape index (κ3) is 3.08. The van der Waals surface area contributed by atoms with Gasteiger partial charge in [0.15, 0.2) is 0 Å². The predicted octanol–water partition coefficient (Wildman–Crippen LogP) is 4.20. The molecule has 0 spiro atoms. The van der Waals surface area contributed by atoms with Crippen molar-refractivity contribution in [2.24, 2.45) is 5.92 Å². The molecule has 0 N–H and O–H groups in total. The lowest BCUT2D eigenvalue weighted by atomic mass is 9.94. The van der Waals surface area contributed by atoms with Crippen LogP contribution in [0.3, 0.4) is 0 Å². The molecule has 4 heteroatoms. The standard InChI is InChI=1S/C17H21ClFNO/c18-15-7-4-8-16(19)14(15)11-12-9-10-20(17(12)21)13-5-2-1-3-6-13/h4,7-8,12-13H,1-3,5-6,9-11H2/t12-/m1/s1. The van der Waals surface area contributed by atoms with E-state index in [1.807, 2.05) is 4.90 Å². The van der Waals surface area contributed by atoms with Gasteiger partial charge in [0.1, 0.15) is 5.82 Å². The lowest BCUT2D eigenvalue weighted by molar-refractivity contribution is -0.133. The molecular formula is C17H21ClFNO. The van der Waals surface area contributed by atoms with Gasteiger partial charge >= 0.3 is 0 Å². The summed E-state index contributed by atoms with van der Waals surface area (Å²) in [5, 5.41) is 0.430. The molecule has 1 aromatic carbocycles. The van der Waals surface area contributed by atoms with Crippen LogP contribution in [0, 0.1) is 11.7 Å². The van der Waals surface area contributed by atoms with Crippen molar-refractivity contribution in [1.29, 1.82) is 0 Å². The summed E-state index contributed by atoms with van der Waals surface area (Å²) in [5.41, 5.74) is 0.489. The van der Waals surface area contributed by atoms with E-state index in [-0.39, 0.29) is 17.6 Å². The molecule has 0 aromatic heterocycles. The maximum absolute atomic E-state index is 13.9. The fourth-order valence-electron chi connectivity index (χ4n) is 3.68. The number of hydrogen-bond donors (Lipinski definition) is 0. The number of benzene rings is 1.